The van der Waals surface area contributed by atoms with Gasteiger partial charge in [-0.2, -0.15) is 5.10 Å². The number of rotatable bonds is 11. The van der Waals surface area contributed by atoms with Gasteiger partial charge in [0.2, 0.25) is 5.75 Å². The highest BCUT2D eigenvalue weighted by Crippen LogP contribution is 2.38. The molecule has 0 aliphatic carbocycles. The molecular formula is C21H25BrN2O7. The van der Waals surface area contributed by atoms with Crippen LogP contribution in [0.5, 0.6) is 28.7 Å². The first-order valence-electron chi connectivity index (χ1n) is 9.20. The second-order valence-corrected chi connectivity index (χ2v) is 6.75. The Bertz CT molecular complexity index is 909. The Labute approximate surface area is 189 Å². The summed E-state index contributed by atoms with van der Waals surface area (Å²) in [6, 6.07) is 6.53. The molecule has 2 aromatic carbocycles. The Morgan fingerprint density at radius 3 is 2.16 bits per heavy atom. The zero-order valence-electron chi connectivity index (χ0n) is 18.0. The monoisotopic (exact) mass is 496 g/mol. The Kier molecular flexibility index (Phi) is 9.41. The molecule has 0 bridgehead atoms. The summed E-state index contributed by atoms with van der Waals surface area (Å²) in [7, 11) is 5.97. The van der Waals surface area contributed by atoms with Crippen LogP contribution in [0.4, 0.5) is 0 Å². The smallest absolute Gasteiger partial charge is 0.271 e. The van der Waals surface area contributed by atoms with Crippen LogP contribution in [0.2, 0.25) is 0 Å². The molecule has 0 aromatic heterocycles. The van der Waals surface area contributed by atoms with Gasteiger partial charge < -0.3 is 28.4 Å². The number of amides is 1. The third-order valence-corrected chi connectivity index (χ3v) is 4.77. The van der Waals surface area contributed by atoms with Gasteiger partial charge in [-0.15, -0.1) is 0 Å². The summed E-state index contributed by atoms with van der Waals surface area (Å²) >= 11 is 3.46. The molecule has 168 valence electrons. The van der Waals surface area contributed by atoms with Gasteiger partial charge in [0.1, 0.15) is 0 Å². The lowest BCUT2D eigenvalue weighted by Crippen LogP contribution is -2.18. The molecule has 0 radical (unpaired) electrons. The zero-order chi connectivity index (χ0) is 22.8. The molecule has 0 heterocycles. The van der Waals surface area contributed by atoms with E-state index in [1.165, 1.54) is 46.8 Å². The summed E-state index contributed by atoms with van der Waals surface area (Å²) in [5.74, 6) is 1.70. The van der Waals surface area contributed by atoms with Crippen molar-refractivity contribution in [2.45, 2.75) is 6.92 Å². The van der Waals surface area contributed by atoms with Crippen LogP contribution in [0.1, 0.15) is 22.8 Å². The highest BCUT2D eigenvalue weighted by molar-refractivity contribution is 9.10. The number of nitrogens with one attached hydrogen (secondary N) is 1. The summed E-state index contributed by atoms with van der Waals surface area (Å²) in [6.45, 7) is 2.53. The van der Waals surface area contributed by atoms with E-state index in [9.17, 15) is 4.79 Å². The van der Waals surface area contributed by atoms with Crippen molar-refractivity contribution in [3.8, 4) is 28.7 Å². The van der Waals surface area contributed by atoms with Gasteiger partial charge in [0.05, 0.1) is 34.7 Å². The van der Waals surface area contributed by atoms with E-state index in [1.807, 2.05) is 6.92 Å². The third-order valence-electron chi connectivity index (χ3n) is 4.08. The minimum absolute atomic E-state index is 0.109. The molecule has 0 atom stereocenters. The van der Waals surface area contributed by atoms with Crippen LogP contribution in [0.25, 0.3) is 0 Å². The number of carbonyl (C=O) groups is 1. The Morgan fingerprint density at radius 2 is 1.61 bits per heavy atom. The first kappa shape index (κ1) is 24.3. The number of hydrazone groups is 1. The number of carbonyl (C=O) groups excluding carboxylic acids is 1. The summed E-state index contributed by atoms with van der Waals surface area (Å²) in [5, 5.41) is 4.02. The molecule has 10 heteroatoms. The Balaban J connectivity index is 2.17. The highest BCUT2D eigenvalue weighted by Gasteiger charge is 2.17. The predicted molar refractivity (Wildman–Crippen MR) is 119 cm³/mol. The molecule has 0 aliphatic heterocycles. The van der Waals surface area contributed by atoms with Gasteiger partial charge in [0.15, 0.2) is 29.8 Å². The predicted octanol–water partition coefficient (Wildman–Crippen LogP) is 3.62. The van der Waals surface area contributed by atoms with Crippen LogP contribution in [0, 0.1) is 0 Å². The first-order chi connectivity index (χ1) is 15.0. The van der Waals surface area contributed by atoms with Crippen molar-refractivity contribution in [2.75, 3.05) is 41.8 Å². The van der Waals surface area contributed by atoms with Gasteiger partial charge in [0.25, 0.3) is 5.91 Å². The molecule has 1 N–H and O–H groups in total. The van der Waals surface area contributed by atoms with E-state index in [0.717, 1.165) is 0 Å². The number of nitrogens with zero attached hydrogens (tertiary/aromatic N) is 1. The maximum absolute atomic E-state index is 12.5. The number of hydrogen-bond acceptors (Lipinski definition) is 8. The fourth-order valence-electron chi connectivity index (χ4n) is 2.55. The van der Waals surface area contributed by atoms with Crippen LogP contribution < -0.4 is 29.1 Å². The number of ether oxygens (including phenoxy) is 6. The fraction of sp³-hybridized carbons (Fsp3) is 0.333. The van der Waals surface area contributed by atoms with Crippen molar-refractivity contribution in [3.63, 3.8) is 0 Å². The van der Waals surface area contributed by atoms with E-state index in [1.54, 1.807) is 12.1 Å². The molecule has 0 spiro atoms. The topological polar surface area (TPSA) is 96.8 Å². The lowest BCUT2D eigenvalue weighted by Gasteiger charge is -2.13. The van der Waals surface area contributed by atoms with Crippen molar-refractivity contribution in [2.24, 2.45) is 5.10 Å². The molecule has 0 unspecified atom stereocenters. The second-order valence-electron chi connectivity index (χ2n) is 5.89. The molecule has 0 aliphatic rings. The van der Waals surface area contributed by atoms with Gasteiger partial charge in [-0.3, -0.25) is 4.79 Å². The molecule has 0 saturated heterocycles. The van der Waals surface area contributed by atoms with E-state index in [-0.39, 0.29) is 6.79 Å². The van der Waals surface area contributed by atoms with Crippen LogP contribution >= 0.6 is 15.9 Å². The maximum Gasteiger partial charge on any atom is 0.271 e. The van der Waals surface area contributed by atoms with Gasteiger partial charge in [-0.25, -0.2) is 5.43 Å². The van der Waals surface area contributed by atoms with E-state index in [0.29, 0.717) is 51.0 Å². The standard InChI is InChI=1S/C21H25BrN2O7/c1-6-30-12-31-17-10-15(22)14(9-16(17)26-2)11-23-24-21(25)13-7-18(27-3)20(29-5)19(8-13)28-4/h7-11H,6,12H2,1-5H3,(H,24,25)/b23-11+. The van der Waals surface area contributed by atoms with Crippen LogP contribution in [-0.4, -0.2) is 54.0 Å². The van der Waals surface area contributed by atoms with Crippen molar-refractivity contribution in [1.29, 1.82) is 0 Å². The summed E-state index contributed by atoms with van der Waals surface area (Å²) < 4.78 is 32.6. The number of methoxy groups -OCH3 is 4. The molecule has 0 saturated carbocycles. The van der Waals surface area contributed by atoms with E-state index in [4.69, 9.17) is 28.4 Å². The molecule has 31 heavy (non-hydrogen) atoms. The van der Waals surface area contributed by atoms with Gasteiger partial charge in [-0.1, -0.05) is 0 Å². The number of benzene rings is 2. The van der Waals surface area contributed by atoms with Crippen LogP contribution in [-0.2, 0) is 4.74 Å². The van der Waals surface area contributed by atoms with Gasteiger partial charge in [0, 0.05) is 22.2 Å². The molecule has 2 rings (SSSR count). The Hall–Kier alpha value is -2.98. The lowest BCUT2D eigenvalue weighted by molar-refractivity contribution is 0.0209. The average molecular weight is 497 g/mol. The van der Waals surface area contributed by atoms with Crippen molar-refractivity contribution < 1.29 is 33.2 Å². The molecular weight excluding hydrogens is 472 g/mol. The third kappa shape index (κ3) is 6.25. The second kappa shape index (κ2) is 12.0. The summed E-state index contributed by atoms with van der Waals surface area (Å²) in [5.41, 5.74) is 3.44. The van der Waals surface area contributed by atoms with Crippen LogP contribution in [0.3, 0.4) is 0 Å². The molecule has 1 amide bonds. The normalized spacial score (nSPS) is 10.6. The lowest BCUT2D eigenvalue weighted by atomic mass is 10.1. The largest absolute Gasteiger partial charge is 0.493 e. The summed E-state index contributed by atoms with van der Waals surface area (Å²) in [6.07, 6.45) is 1.48. The SMILES string of the molecule is CCOCOc1cc(Br)c(/C=N/NC(=O)c2cc(OC)c(OC)c(OC)c2)cc1OC. The molecule has 0 fully saturated rings. The highest BCUT2D eigenvalue weighted by atomic mass is 79.9. The van der Waals surface area contributed by atoms with Gasteiger partial charge in [-0.05, 0) is 47.1 Å². The summed E-state index contributed by atoms with van der Waals surface area (Å²) in [4.78, 5) is 12.5. The van der Waals surface area contributed by atoms with E-state index < -0.39 is 5.91 Å². The van der Waals surface area contributed by atoms with E-state index >= 15 is 0 Å². The quantitative estimate of drug-likeness (QED) is 0.219. The fourth-order valence-corrected chi connectivity index (χ4v) is 2.97. The number of halogens is 1. The number of hydrogen-bond donors (Lipinski definition) is 1. The minimum Gasteiger partial charge on any atom is -0.493 e. The minimum atomic E-state index is -0.449. The average Bonchev–Trinajstić information content (AvgIpc) is 2.79. The van der Waals surface area contributed by atoms with Crippen molar-refractivity contribution >= 4 is 28.1 Å². The molecule has 2 aromatic rings. The van der Waals surface area contributed by atoms with Gasteiger partial charge >= 0.3 is 0 Å². The van der Waals surface area contributed by atoms with Crippen molar-refractivity contribution in [3.05, 3.63) is 39.9 Å². The maximum atomic E-state index is 12.5. The van der Waals surface area contributed by atoms with E-state index in [2.05, 4.69) is 26.5 Å². The molecule has 9 nitrogen and oxygen atoms in total. The first-order valence-corrected chi connectivity index (χ1v) is 9.99. The van der Waals surface area contributed by atoms with Crippen LogP contribution in [0.15, 0.2) is 33.8 Å². The Morgan fingerprint density at radius 1 is 0.968 bits per heavy atom. The van der Waals surface area contributed by atoms with Crippen molar-refractivity contribution in [1.82, 2.24) is 5.43 Å². The zero-order valence-corrected chi connectivity index (χ0v) is 19.6.